The van der Waals surface area contributed by atoms with Crippen LogP contribution in [-0.2, 0) is 4.79 Å². The van der Waals surface area contributed by atoms with Crippen molar-refractivity contribution >= 4 is 29.4 Å². The monoisotopic (exact) mass is 283 g/mol. The molecule has 2 nitrogen and oxygen atoms in total. The first-order valence-electron chi connectivity index (χ1n) is 6.55. The number of hydrogen-bond acceptors (Lipinski definition) is 2. The summed E-state index contributed by atoms with van der Waals surface area (Å²) < 4.78 is 0. The maximum Gasteiger partial charge on any atom is 0.248 e. The van der Waals surface area contributed by atoms with Gasteiger partial charge in [0.25, 0.3) is 0 Å². The molecule has 0 unspecified atom stereocenters. The van der Waals surface area contributed by atoms with Gasteiger partial charge >= 0.3 is 0 Å². The van der Waals surface area contributed by atoms with Crippen LogP contribution in [0, 0.1) is 0 Å². The summed E-state index contributed by atoms with van der Waals surface area (Å²) in [6, 6.07) is 17.6. The quantitative estimate of drug-likeness (QED) is 0.649. The van der Waals surface area contributed by atoms with Crippen molar-refractivity contribution in [3.05, 3.63) is 66.2 Å². The summed E-state index contributed by atoms with van der Waals surface area (Å²) in [5.74, 6) is 0.866. The molecule has 2 aromatic rings. The highest BCUT2D eigenvalue weighted by molar-refractivity contribution is 7.99. The molecule has 0 aliphatic carbocycles. The Balaban J connectivity index is 2.03. The summed E-state index contributed by atoms with van der Waals surface area (Å²) in [6.45, 7) is 2.10. The second-order valence-electron chi connectivity index (χ2n) is 4.16. The van der Waals surface area contributed by atoms with Gasteiger partial charge < -0.3 is 5.32 Å². The number of benzene rings is 2. The topological polar surface area (TPSA) is 29.1 Å². The van der Waals surface area contributed by atoms with E-state index in [0.29, 0.717) is 0 Å². The molecule has 20 heavy (non-hydrogen) atoms. The van der Waals surface area contributed by atoms with Gasteiger partial charge in [-0.3, -0.25) is 4.79 Å². The van der Waals surface area contributed by atoms with Gasteiger partial charge in [0, 0.05) is 11.0 Å². The second-order valence-corrected chi connectivity index (χ2v) is 5.47. The summed E-state index contributed by atoms with van der Waals surface area (Å²) in [7, 11) is 0. The minimum Gasteiger partial charge on any atom is -0.321 e. The molecule has 3 heteroatoms. The Kier molecular flexibility index (Phi) is 5.44. The summed E-state index contributed by atoms with van der Waals surface area (Å²) in [5.41, 5.74) is 1.88. The van der Waals surface area contributed by atoms with Gasteiger partial charge in [0.1, 0.15) is 0 Å². The van der Waals surface area contributed by atoms with Crippen LogP contribution >= 0.6 is 11.8 Å². The number of rotatable bonds is 5. The molecule has 0 fully saturated rings. The average Bonchev–Trinajstić information content (AvgIpc) is 2.49. The number of carbonyl (C=O) groups is 1. The molecule has 1 N–H and O–H groups in total. The highest BCUT2D eigenvalue weighted by Gasteiger charge is 2.03. The van der Waals surface area contributed by atoms with E-state index in [9.17, 15) is 4.79 Å². The molecular weight excluding hydrogens is 266 g/mol. The zero-order valence-corrected chi connectivity index (χ0v) is 12.2. The largest absolute Gasteiger partial charge is 0.321 e. The molecule has 0 aliphatic rings. The zero-order chi connectivity index (χ0) is 14.2. The summed E-state index contributed by atoms with van der Waals surface area (Å²) in [6.07, 6.45) is 3.37. The molecule has 0 saturated heterocycles. The third kappa shape index (κ3) is 4.28. The Morgan fingerprint density at radius 3 is 2.55 bits per heavy atom. The number of carbonyl (C=O) groups excluding carboxylic acids is 1. The van der Waals surface area contributed by atoms with Crippen LogP contribution in [0.2, 0.25) is 0 Å². The van der Waals surface area contributed by atoms with E-state index >= 15 is 0 Å². The lowest BCUT2D eigenvalue weighted by atomic mass is 10.2. The first-order valence-corrected chi connectivity index (χ1v) is 7.54. The molecule has 0 spiro atoms. The first kappa shape index (κ1) is 14.4. The average molecular weight is 283 g/mol. The maximum atomic E-state index is 11.9. The van der Waals surface area contributed by atoms with Crippen molar-refractivity contribution < 1.29 is 4.79 Å². The maximum absolute atomic E-state index is 11.9. The third-order valence-electron chi connectivity index (χ3n) is 2.67. The van der Waals surface area contributed by atoms with E-state index in [1.165, 1.54) is 0 Å². The van der Waals surface area contributed by atoms with Gasteiger partial charge in [0.15, 0.2) is 0 Å². The SMILES string of the molecule is CCSc1ccccc1NC(=O)/C=C/c1ccccc1. The van der Waals surface area contributed by atoms with E-state index in [-0.39, 0.29) is 5.91 Å². The molecule has 0 aliphatic heterocycles. The van der Waals surface area contributed by atoms with Gasteiger partial charge in [-0.2, -0.15) is 0 Å². The van der Waals surface area contributed by atoms with Crippen LogP contribution < -0.4 is 5.32 Å². The van der Waals surface area contributed by atoms with Gasteiger partial charge in [-0.15, -0.1) is 11.8 Å². The van der Waals surface area contributed by atoms with Crippen molar-refractivity contribution in [2.75, 3.05) is 11.1 Å². The van der Waals surface area contributed by atoms with Gasteiger partial charge in [-0.1, -0.05) is 49.4 Å². The molecule has 0 aromatic heterocycles. The fraction of sp³-hybridized carbons (Fsp3) is 0.118. The van der Waals surface area contributed by atoms with Crippen LogP contribution in [0.15, 0.2) is 65.6 Å². The number of thioether (sulfide) groups is 1. The predicted octanol–water partition coefficient (Wildman–Crippen LogP) is 4.45. The Bertz CT molecular complexity index is 593. The standard InChI is InChI=1S/C17H17NOS/c1-2-20-16-11-7-6-10-15(16)18-17(19)13-12-14-8-4-3-5-9-14/h3-13H,2H2,1H3,(H,18,19)/b13-12+. The van der Waals surface area contributed by atoms with Gasteiger partial charge in [-0.25, -0.2) is 0 Å². The highest BCUT2D eigenvalue weighted by Crippen LogP contribution is 2.26. The van der Waals surface area contributed by atoms with Crippen molar-refractivity contribution in [2.45, 2.75) is 11.8 Å². The van der Waals surface area contributed by atoms with Crippen molar-refractivity contribution in [1.82, 2.24) is 0 Å². The molecule has 0 heterocycles. The van der Waals surface area contributed by atoms with Crippen molar-refractivity contribution in [2.24, 2.45) is 0 Å². The summed E-state index contributed by atoms with van der Waals surface area (Å²) >= 11 is 1.72. The zero-order valence-electron chi connectivity index (χ0n) is 11.4. The number of amides is 1. The highest BCUT2D eigenvalue weighted by atomic mass is 32.2. The van der Waals surface area contributed by atoms with E-state index < -0.39 is 0 Å². The fourth-order valence-electron chi connectivity index (χ4n) is 1.76. The van der Waals surface area contributed by atoms with E-state index in [1.54, 1.807) is 17.8 Å². The van der Waals surface area contributed by atoms with E-state index in [0.717, 1.165) is 21.9 Å². The van der Waals surface area contributed by atoms with Gasteiger partial charge in [0.05, 0.1) is 5.69 Å². The van der Waals surface area contributed by atoms with Crippen LogP contribution in [0.25, 0.3) is 6.08 Å². The van der Waals surface area contributed by atoms with E-state index in [1.807, 2.05) is 60.7 Å². The van der Waals surface area contributed by atoms with E-state index in [4.69, 9.17) is 0 Å². The smallest absolute Gasteiger partial charge is 0.248 e. The van der Waals surface area contributed by atoms with Crippen molar-refractivity contribution in [3.63, 3.8) is 0 Å². The molecule has 0 saturated carbocycles. The van der Waals surface area contributed by atoms with Gasteiger partial charge in [0.2, 0.25) is 5.91 Å². The summed E-state index contributed by atoms with van der Waals surface area (Å²) in [5, 5.41) is 2.92. The lowest BCUT2D eigenvalue weighted by molar-refractivity contribution is -0.111. The van der Waals surface area contributed by atoms with Gasteiger partial charge in [-0.05, 0) is 29.5 Å². The summed E-state index contributed by atoms with van der Waals surface area (Å²) in [4.78, 5) is 13.0. The predicted molar refractivity (Wildman–Crippen MR) is 86.9 cm³/mol. The third-order valence-corrected chi connectivity index (χ3v) is 3.63. The Morgan fingerprint density at radius 2 is 1.80 bits per heavy atom. The number of hydrogen-bond donors (Lipinski definition) is 1. The van der Waals surface area contributed by atoms with Crippen LogP contribution in [0.4, 0.5) is 5.69 Å². The lowest BCUT2D eigenvalue weighted by Crippen LogP contribution is -2.08. The Labute approximate surface area is 123 Å². The fourth-order valence-corrected chi connectivity index (χ4v) is 2.52. The van der Waals surface area contributed by atoms with Crippen LogP contribution in [0.3, 0.4) is 0 Å². The molecule has 102 valence electrons. The molecule has 2 rings (SSSR count). The first-order chi connectivity index (χ1) is 9.79. The Morgan fingerprint density at radius 1 is 1.10 bits per heavy atom. The van der Waals surface area contributed by atoms with Crippen molar-refractivity contribution in [1.29, 1.82) is 0 Å². The molecule has 1 amide bonds. The Hall–Kier alpha value is -2.00. The van der Waals surface area contributed by atoms with Crippen LogP contribution in [0.1, 0.15) is 12.5 Å². The number of nitrogens with one attached hydrogen (secondary N) is 1. The van der Waals surface area contributed by atoms with E-state index in [2.05, 4.69) is 12.2 Å². The molecule has 0 radical (unpaired) electrons. The van der Waals surface area contributed by atoms with Crippen LogP contribution in [-0.4, -0.2) is 11.7 Å². The minimum atomic E-state index is -0.113. The lowest BCUT2D eigenvalue weighted by Gasteiger charge is -2.08. The molecule has 2 aromatic carbocycles. The minimum absolute atomic E-state index is 0.113. The van der Waals surface area contributed by atoms with Crippen LogP contribution in [0.5, 0.6) is 0 Å². The van der Waals surface area contributed by atoms with Crippen molar-refractivity contribution in [3.8, 4) is 0 Å². The second kappa shape index (κ2) is 7.56. The number of para-hydroxylation sites is 1. The molecule has 0 bridgehead atoms. The normalized spacial score (nSPS) is 10.7. The molecule has 0 atom stereocenters. The number of anilines is 1. The molecular formula is C17H17NOS.